The Hall–Kier alpha value is -3.82. The summed E-state index contributed by atoms with van der Waals surface area (Å²) in [5.74, 6) is -0.624. The monoisotopic (exact) mass is 415 g/mol. The first-order valence-corrected chi connectivity index (χ1v) is 9.20. The zero-order valence-corrected chi connectivity index (χ0v) is 16.5. The highest BCUT2D eigenvalue weighted by Gasteiger charge is 2.22. The van der Waals surface area contributed by atoms with Crippen LogP contribution in [0.2, 0.25) is 0 Å². The Bertz CT molecular complexity index is 1140. The van der Waals surface area contributed by atoms with Crippen molar-refractivity contribution in [2.75, 3.05) is 19.1 Å². The summed E-state index contributed by atoms with van der Waals surface area (Å²) in [4.78, 5) is 48.9. The number of benzene rings is 1. The highest BCUT2D eigenvalue weighted by atomic mass is 16.7. The highest BCUT2D eigenvalue weighted by Crippen LogP contribution is 2.32. The zero-order chi connectivity index (χ0) is 21.8. The van der Waals surface area contributed by atoms with Gasteiger partial charge in [-0.25, -0.2) is 9.59 Å². The van der Waals surface area contributed by atoms with Crippen LogP contribution in [0.1, 0.15) is 29.3 Å². The van der Waals surface area contributed by atoms with Gasteiger partial charge in [0, 0.05) is 19.7 Å². The molecule has 1 aromatic carbocycles. The van der Waals surface area contributed by atoms with Crippen molar-refractivity contribution in [3.05, 3.63) is 56.2 Å². The molecule has 0 spiro atoms. The molecule has 0 unspecified atom stereocenters. The first-order valence-electron chi connectivity index (χ1n) is 9.20. The van der Waals surface area contributed by atoms with Crippen molar-refractivity contribution in [2.45, 2.75) is 19.9 Å². The molecule has 158 valence electrons. The van der Waals surface area contributed by atoms with Gasteiger partial charge in [-0.2, -0.15) is 0 Å². The van der Waals surface area contributed by atoms with E-state index in [-0.39, 0.29) is 24.7 Å². The third-order valence-electron chi connectivity index (χ3n) is 4.46. The second-order valence-corrected chi connectivity index (χ2v) is 6.54. The molecule has 30 heavy (non-hydrogen) atoms. The standard InChI is InChI=1S/C20H21N3O7/c1-3-8-23-18(21)17(19(26)22(2)20(23)27)13(24)10-28-16(25)7-5-12-4-6-14-15(9-12)30-11-29-14/h4-7,9H,3,8,10-11,21H2,1-2H3/b7-5+. The number of carbonyl (C=O) groups excluding carboxylic acids is 2. The lowest BCUT2D eigenvalue weighted by Gasteiger charge is -2.13. The lowest BCUT2D eigenvalue weighted by molar-refractivity contribution is -0.136. The third-order valence-corrected chi connectivity index (χ3v) is 4.46. The lowest BCUT2D eigenvalue weighted by atomic mass is 10.2. The van der Waals surface area contributed by atoms with Gasteiger partial charge in [0.15, 0.2) is 18.1 Å². The first-order chi connectivity index (χ1) is 14.3. The Kier molecular flexibility index (Phi) is 6.05. The summed E-state index contributed by atoms with van der Waals surface area (Å²) in [6, 6.07) is 5.13. The lowest BCUT2D eigenvalue weighted by Crippen LogP contribution is -2.43. The van der Waals surface area contributed by atoms with Crippen LogP contribution in [-0.2, 0) is 23.1 Å². The number of nitrogen functional groups attached to an aromatic ring is 1. The summed E-state index contributed by atoms with van der Waals surface area (Å²) in [6.45, 7) is 1.53. The van der Waals surface area contributed by atoms with Gasteiger partial charge in [0.25, 0.3) is 5.56 Å². The summed E-state index contributed by atoms with van der Waals surface area (Å²) < 4.78 is 17.4. The van der Waals surface area contributed by atoms with E-state index >= 15 is 0 Å². The normalized spacial score (nSPS) is 12.3. The van der Waals surface area contributed by atoms with Crippen molar-refractivity contribution >= 4 is 23.6 Å². The van der Waals surface area contributed by atoms with Gasteiger partial charge in [0.2, 0.25) is 12.6 Å². The molecule has 10 heteroatoms. The molecule has 0 amide bonds. The molecule has 1 aliphatic heterocycles. The number of ether oxygens (including phenoxy) is 3. The maximum Gasteiger partial charge on any atom is 0.332 e. The quantitative estimate of drug-likeness (QED) is 0.397. The van der Waals surface area contributed by atoms with Gasteiger partial charge in [-0.15, -0.1) is 0 Å². The molecular weight excluding hydrogens is 394 g/mol. The van der Waals surface area contributed by atoms with Gasteiger partial charge in [0.1, 0.15) is 11.4 Å². The molecule has 2 heterocycles. The zero-order valence-electron chi connectivity index (χ0n) is 16.5. The predicted octanol–water partition coefficient (Wildman–Crippen LogP) is 0.707. The minimum absolute atomic E-state index is 0.140. The number of carbonyl (C=O) groups is 2. The number of aromatic nitrogens is 2. The number of hydrogen-bond donors (Lipinski definition) is 1. The van der Waals surface area contributed by atoms with Crippen LogP contribution in [0.5, 0.6) is 11.5 Å². The van der Waals surface area contributed by atoms with E-state index in [2.05, 4.69) is 0 Å². The Morgan fingerprint density at radius 2 is 1.97 bits per heavy atom. The van der Waals surface area contributed by atoms with Crippen molar-refractivity contribution in [1.82, 2.24) is 9.13 Å². The molecule has 0 radical (unpaired) electrons. The van der Waals surface area contributed by atoms with Crippen LogP contribution in [0.3, 0.4) is 0 Å². The Labute approximate surface area is 171 Å². The predicted molar refractivity (Wildman–Crippen MR) is 108 cm³/mol. The number of esters is 1. The summed E-state index contributed by atoms with van der Waals surface area (Å²) in [5.41, 5.74) is 4.73. The van der Waals surface area contributed by atoms with E-state index in [1.54, 1.807) is 18.2 Å². The van der Waals surface area contributed by atoms with Gasteiger partial charge in [-0.1, -0.05) is 13.0 Å². The Morgan fingerprint density at radius 1 is 1.23 bits per heavy atom. The van der Waals surface area contributed by atoms with Crippen LogP contribution in [0.4, 0.5) is 5.82 Å². The summed E-state index contributed by atoms with van der Waals surface area (Å²) >= 11 is 0. The summed E-state index contributed by atoms with van der Waals surface area (Å²) in [6.07, 6.45) is 3.21. The van der Waals surface area contributed by atoms with Gasteiger partial charge < -0.3 is 19.9 Å². The number of Topliss-reactive ketones (excluding diaryl/α,β-unsaturated/α-hetero) is 1. The number of anilines is 1. The molecule has 0 atom stereocenters. The topological polar surface area (TPSA) is 132 Å². The SMILES string of the molecule is CCCn1c(N)c(C(=O)COC(=O)/C=C/c2ccc3c(c2)OCO3)c(=O)n(C)c1=O. The second-order valence-electron chi connectivity index (χ2n) is 6.54. The molecule has 0 saturated heterocycles. The fourth-order valence-corrected chi connectivity index (χ4v) is 2.92. The maximum atomic E-state index is 12.5. The van der Waals surface area contributed by atoms with Crippen LogP contribution in [0.15, 0.2) is 33.9 Å². The molecule has 3 rings (SSSR count). The first kappa shape index (κ1) is 20.9. The molecule has 1 aliphatic rings. The van der Waals surface area contributed by atoms with E-state index in [9.17, 15) is 19.2 Å². The van der Waals surface area contributed by atoms with Gasteiger partial charge in [-0.05, 0) is 30.2 Å². The molecule has 2 N–H and O–H groups in total. The van der Waals surface area contributed by atoms with Crippen molar-refractivity contribution in [1.29, 1.82) is 0 Å². The van der Waals surface area contributed by atoms with E-state index in [1.165, 1.54) is 13.1 Å². The number of hydrogen-bond acceptors (Lipinski definition) is 8. The summed E-state index contributed by atoms with van der Waals surface area (Å²) in [7, 11) is 1.26. The van der Waals surface area contributed by atoms with E-state index in [0.29, 0.717) is 23.5 Å². The number of fused-ring (bicyclic) bond motifs is 1. The molecule has 1 aromatic heterocycles. The number of nitrogens with two attached hydrogens (primary N) is 1. The number of nitrogens with zero attached hydrogens (tertiary/aromatic N) is 2. The van der Waals surface area contributed by atoms with Crippen LogP contribution < -0.4 is 26.5 Å². The van der Waals surface area contributed by atoms with E-state index < -0.39 is 29.6 Å². The van der Waals surface area contributed by atoms with E-state index in [1.807, 2.05) is 6.92 Å². The number of ketones is 1. The van der Waals surface area contributed by atoms with Crippen LogP contribution in [0.25, 0.3) is 6.08 Å². The molecule has 0 fully saturated rings. The van der Waals surface area contributed by atoms with Crippen molar-refractivity contribution < 1.29 is 23.8 Å². The minimum Gasteiger partial charge on any atom is -0.454 e. The van der Waals surface area contributed by atoms with E-state index in [0.717, 1.165) is 15.2 Å². The smallest absolute Gasteiger partial charge is 0.332 e. The second kappa shape index (κ2) is 8.68. The Morgan fingerprint density at radius 3 is 2.70 bits per heavy atom. The largest absolute Gasteiger partial charge is 0.454 e. The minimum atomic E-state index is -0.832. The summed E-state index contributed by atoms with van der Waals surface area (Å²) in [5, 5.41) is 0. The fourth-order valence-electron chi connectivity index (χ4n) is 2.92. The molecule has 2 aromatic rings. The van der Waals surface area contributed by atoms with E-state index in [4.69, 9.17) is 19.9 Å². The van der Waals surface area contributed by atoms with Crippen LogP contribution >= 0.6 is 0 Å². The fraction of sp³-hybridized carbons (Fsp3) is 0.300. The maximum absolute atomic E-state index is 12.5. The average Bonchev–Trinajstić information content (AvgIpc) is 3.20. The molecule has 0 aliphatic carbocycles. The van der Waals surface area contributed by atoms with Crippen molar-refractivity contribution in [3.63, 3.8) is 0 Å². The third kappa shape index (κ3) is 4.12. The highest BCUT2D eigenvalue weighted by molar-refractivity contribution is 6.02. The van der Waals surface area contributed by atoms with Crippen molar-refractivity contribution in [3.8, 4) is 11.5 Å². The van der Waals surface area contributed by atoms with Crippen LogP contribution in [-0.4, -0.2) is 34.3 Å². The van der Waals surface area contributed by atoms with Gasteiger partial charge in [0.05, 0.1) is 0 Å². The number of rotatable bonds is 7. The van der Waals surface area contributed by atoms with Crippen LogP contribution in [0, 0.1) is 0 Å². The van der Waals surface area contributed by atoms with Gasteiger partial charge >= 0.3 is 11.7 Å². The molecular formula is C20H21N3O7. The molecule has 0 bridgehead atoms. The van der Waals surface area contributed by atoms with Gasteiger partial charge in [-0.3, -0.25) is 18.7 Å². The molecule has 10 nitrogen and oxygen atoms in total. The van der Waals surface area contributed by atoms with Crippen molar-refractivity contribution in [2.24, 2.45) is 7.05 Å². The average molecular weight is 415 g/mol. The molecule has 0 saturated carbocycles. The Balaban J connectivity index is 1.70.